The van der Waals surface area contributed by atoms with Crippen molar-refractivity contribution < 1.29 is 14.3 Å². The minimum Gasteiger partial charge on any atom is -0.484 e. The van der Waals surface area contributed by atoms with Gasteiger partial charge in [0.2, 0.25) is 5.91 Å². The summed E-state index contributed by atoms with van der Waals surface area (Å²) in [6, 6.07) is 7.46. The average Bonchev–Trinajstić information content (AvgIpc) is 2.90. The van der Waals surface area contributed by atoms with Gasteiger partial charge in [-0.2, -0.15) is 0 Å². The lowest BCUT2D eigenvalue weighted by Gasteiger charge is -2.26. The fourth-order valence-electron chi connectivity index (χ4n) is 3.00. The third kappa shape index (κ3) is 5.88. The smallest absolute Gasteiger partial charge is 0.260 e. The van der Waals surface area contributed by atoms with Crippen molar-refractivity contribution in [2.45, 2.75) is 26.3 Å². The molecule has 1 atom stereocenters. The van der Waals surface area contributed by atoms with E-state index in [2.05, 4.69) is 16.8 Å². The quantitative estimate of drug-likeness (QED) is 0.751. The van der Waals surface area contributed by atoms with E-state index in [4.69, 9.17) is 4.74 Å². The number of ether oxygens (including phenoxy) is 1. The molecule has 1 aromatic rings. The Morgan fingerprint density at radius 1 is 1.31 bits per heavy atom. The van der Waals surface area contributed by atoms with Crippen LogP contribution in [-0.4, -0.2) is 67.0 Å². The van der Waals surface area contributed by atoms with Gasteiger partial charge in [0.25, 0.3) is 5.91 Å². The molecule has 1 aliphatic rings. The zero-order chi connectivity index (χ0) is 18.9. The largest absolute Gasteiger partial charge is 0.484 e. The molecule has 1 fully saturated rings. The Balaban J connectivity index is 1.82. The predicted octanol–water partition coefficient (Wildman–Crippen LogP) is 1.60. The zero-order valence-electron chi connectivity index (χ0n) is 15.7. The standard InChI is InChI=1S/C20H29N3O3/c1-4-9-21-20(25)17(3)22-10-6-11-23(13-12-22)19(24)15-26-18-8-5-7-16(2)14-18/h4-5,7-8,14,17H,1,6,9-13,15H2,2-3H3,(H,21,25). The Morgan fingerprint density at radius 2 is 2.12 bits per heavy atom. The highest BCUT2D eigenvalue weighted by Crippen LogP contribution is 2.13. The maximum atomic E-state index is 12.5. The van der Waals surface area contributed by atoms with E-state index in [9.17, 15) is 9.59 Å². The summed E-state index contributed by atoms with van der Waals surface area (Å²) in [5.41, 5.74) is 1.10. The first kappa shape index (κ1) is 20.0. The van der Waals surface area contributed by atoms with Crippen LogP contribution in [0.25, 0.3) is 0 Å². The molecule has 26 heavy (non-hydrogen) atoms. The maximum absolute atomic E-state index is 12.5. The number of hydrogen-bond donors (Lipinski definition) is 1. The number of benzene rings is 1. The molecule has 1 heterocycles. The number of nitrogens with one attached hydrogen (secondary N) is 1. The second-order valence-corrected chi connectivity index (χ2v) is 6.59. The van der Waals surface area contributed by atoms with Crippen molar-refractivity contribution in [1.29, 1.82) is 0 Å². The molecule has 142 valence electrons. The number of carbonyl (C=O) groups is 2. The van der Waals surface area contributed by atoms with Crippen LogP contribution in [0.2, 0.25) is 0 Å². The highest BCUT2D eigenvalue weighted by atomic mass is 16.5. The molecular formula is C20H29N3O3. The van der Waals surface area contributed by atoms with E-state index in [1.807, 2.05) is 43.0 Å². The van der Waals surface area contributed by atoms with Gasteiger partial charge in [-0.05, 0) is 38.0 Å². The van der Waals surface area contributed by atoms with E-state index in [-0.39, 0.29) is 24.5 Å². The van der Waals surface area contributed by atoms with Crippen molar-refractivity contribution in [3.63, 3.8) is 0 Å². The van der Waals surface area contributed by atoms with Gasteiger partial charge >= 0.3 is 0 Å². The van der Waals surface area contributed by atoms with Gasteiger partial charge in [0.1, 0.15) is 5.75 Å². The molecule has 2 amide bonds. The van der Waals surface area contributed by atoms with Crippen LogP contribution in [0.4, 0.5) is 0 Å². The molecule has 0 spiro atoms. The van der Waals surface area contributed by atoms with E-state index < -0.39 is 0 Å². The molecule has 1 saturated heterocycles. The van der Waals surface area contributed by atoms with E-state index in [1.165, 1.54) is 0 Å². The van der Waals surface area contributed by atoms with Crippen molar-refractivity contribution in [1.82, 2.24) is 15.1 Å². The first-order valence-electron chi connectivity index (χ1n) is 9.11. The number of rotatable bonds is 7. The number of carbonyl (C=O) groups excluding carboxylic acids is 2. The molecule has 0 aliphatic carbocycles. The van der Waals surface area contributed by atoms with Crippen LogP contribution in [0.1, 0.15) is 18.9 Å². The van der Waals surface area contributed by atoms with Crippen LogP contribution >= 0.6 is 0 Å². The SMILES string of the molecule is C=CCNC(=O)C(C)N1CCCN(C(=O)COc2cccc(C)c2)CC1. The van der Waals surface area contributed by atoms with Gasteiger partial charge in [-0.25, -0.2) is 0 Å². The topological polar surface area (TPSA) is 61.9 Å². The number of amides is 2. The van der Waals surface area contributed by atoms with E-state index >= 15 is 0 Å². The van der Waals surface area contributed by atoms with Crippen LogP contribution in [0.15, 0.2) is 36.9 Å². The molecule has 6 nitrogen and oxygen atoms in total. The molecule has 1 aromatic carbocycles. The summed E-state index contributed by atoms with van der Waals surface area (Å²) in [6.07, 6.45) is 2.51. The van der Waals surface area contributed by atoms with Crippen LogP contribution in [0.5, 0.6) is 5.75 Å². The maximum Gasteiger partial charge on any atom is 0.260 e. The molecular weight excluding hydrogens is 330 g/mol. The minimum absolute atomic E-state index is 0.00698. The van der Waals surface area contributed by atoms with Crippen molar-refractivity contribution >= 4 is 11.8 Å². The Kier molecular flexibility index (Phi) is 7.66. The fraction of sp³-hybridized carbons (Fsp3) is 0.500. The monoisotopic (exact) mass is 359 g/mol. The summed E-state index contributed by atoms with van der Waals surface area (Å²) in [6.45, 7) is 10.8. The fourth-order valence-corrected chi connectivity index (χ4v) is 3.00. The van der Waals surface area contributed by atoms with Gasteiger partial charge in [-0.3, -0.25) is 14.5 Å². The Labute approximate surface area is 155 Å². The third-order valence-electron chi connectivity index (χ3n) is 4.58. The third-order valence-corrected chi connectivity index (χ3v) is 4.58. The van der Waals surface area contributed by atoms with Gasteiger partial charge in [-0.1, -0.05) is 18.2 Å². The number of aryl methyl sites for hydroxylation is 1. The average molecular weight is 359 g/mol. The van der Waals surface area contributed by atoms with Gasteiger partial charge in [0.05, 0.1) is 6.04 Å². The van der Waals surface area contributed by atoms with Gasteiger partial charge in [0, 0.05) is 32.7 Å². The molecule has 0 radical (unpaired) electrons. The summed E-state index contributed by atoms with van der Waals surface area (Å²) < 4.78 is 5.62. The molecule has 1 aliphatic heterocycles. The number of nitrogens with zero attached hydrogens (tertiary/aromatic N) is 2. The highest BCUT2D eigenvalue weighted by molar-refractivity contribution is 5.81. The summed E-state index contributed by atoms with van der Waals surface area (Å²) in [5, 5.41) is 2.83. The Hall–Kier alpha value is -2.34. The van der Waals surface area contributed by atoms with E-state index in [0.717, 1.165) is 18.5 Å². The second kappa shape index (κ2) is 9.97. The lowest BCUT2D eigenvalue weighted by atomic mass is 10.2. The molecule has 0 saturated carbocycles. The van der Waals surface area contributed by atoms with Crippen LogP contribution in [-0.2, 0) is 9.59 Å². The van der Waals surface area contributed by atoms with Crippen LogP contribution < -0.4 is 10.1 Å². The molecule has 0 aromatic heterocycles. The Bertz CT molecular complexity index is 632. The van der Waals surface area contributed by atoms with Crippen molar-refractivity contribution in [3.8, 4) is 5.75 Å². The van der Waals surface area contributed by atoms with Gasteiger partial charge in [-0.15, -0.1) is 6.58 Å². The molecule has 2 rings (SSSR count). The van der Waals surface area contributed by atoms with Crippen LogP contribution in [0, 0.1) is 6.92 Å². The summed E-state index contributed by atoms with van der Waals surface area (Å²) >= 11 is 0. The summed E-state index contributed by atoms with van der Waals surface area (Å²) in [7, 11) is 0. The summed E-state index contributed by atoms with van der Waals surface area (Å²) in [5.74, 6) is 0.687. The van der Waals surface area contributed by atoms with Crippen molar-refractivity contribution in [3.05, 3.63) is 42.5 Å². The molecule has 0 bridgehead atoms. The first-order valence-corrected chi connectivity index (χ1v) is 9.11. The molecule has 1 unspecified atom stereocenters. The lowest BCUT2D eigenvalue weighted by Crippen LogP contribution is -2.47. The van der Waals surface area contributed by atoms with Crippen molar-refractivity contribution in [2.24, 2.45) is 0 Å². The molecule has 1 N–H and O–H groups in total. The van der Waals surface area contributed by atoms with Crippen molar-refractivity contribution in [2.75, 3.05) is 39.3 Å². The van der Waals surface area contributed by atoms with E-state index in [1.54, 1.807) is 6.08 Å². The summed E-state index contributed by atoms with van der Waals surface area (Å²) in [4.78, 5) is 28.5. The highest BCUT2D eigenvalue weighted by Gasteiger charge is 2.25. The normalized spacial score (nSPS) is 16.5. The zero-order valence-corrected chi connectivity index (χ0v) is 15.7. The second-order valence-electron chi connectivity index (χ2n) is 6.59. The minimum atomic E-state index is -0.214. The van der Waals surface area contributed by atoms with Gasteiger partial charge < -0.3 is 15.0 Å². The van der Waals surface area contributed by atoms with E-state index in [0.29, 0.717) is 31.9 Å². The predicted molar refractivity (Wildman–Crippen MR) is 102 cm³/mol. The van der Waals surface area contributed by atoms with Gasteiger partial charge in [0.15, 0.2) is 6.61 Å². The molecule has 6 heteroatoms. The number of hydrogen-bond acceptors (Lipinski definition) is 4. The lowest BCUT2D eigenvalue weighted by molar-refractivity contribution is -0.133. The Morgan fingerprint density at radius 3 is 2.85 bits per heavy atom. The van der Waals surface area contributed by atoms with Crippen LogP contribution in [0.3, 0.4) is 0 Å². The first-order chi connectivity index (χ1) is 12.5.